The maximum atomic E-state index is 6.12. The third-order valence-electron chi connectivity index (χ3n) is 2.65. The molecule has 2 aromatic carbocycles. The lowest BCUT2D eigenvalue weighted by atomic mass is 10.2. The quantitative estimate of drug-likeness (QED) is 0.810. The monoisotopic (exact) mass is 313 g/mol. The molecule has 19 heavy (non-hydrogen) atoms. The normalized spacial score (nSPS) is 10.5. The summed E-state index contributed by atoms with van der Waals surface area (Å²) in [6, 6.07) is 11.1. The van der Waals surface area contributed by atoms with Crippen LogP contribution in [0, 0.1) is 0 Å². The van der Waals surface area contributed by atoms with E-state index in [0.29, 0.717) is 28.1 Å². The molecule has 0 aliphatic carbocycles. The Balaban J connectivity index is 2.41. The van der Waals surface area contributed by atoms with E-state index in [2.05, 4.69) is 0 Å². The minimum absolute atomic E-state index is 0.404. The molecule has 2 N–H and O–H groups in total. The molecule has 0 saturated carbocycles. The predicted octanol–water partition coefficient (Wildman–Crippen LogP) is 4.97. The van der Waals surface area contributed by atoms with Crippen molar-refractivity contribution >= 4 is 35.0 Å². The lowest BCUT2D eigenvalue weighted by molar-refractivity contribution is 0.474. The zero-order valence-corrected chi connectivity index (χ0v) is 12.6. The number of rotatable bonds is 4. The van der Waals surface area contributed by atoms with Crippen molar-refractivity contribution in [1.82, 2.24) is 0 Å². The highest BCUT2D eigenvalue weighted by atomic mass is 35.5. The van der Waals surface area contributed by atoms with E-state index in [-0.39, 0.29) is 0 Å². The minimum Gasteiger partial charge on any atom is -0.455 e. The molecular formula is C14H13Cl2NOS. The first-order valence-corrected chi connectivity index (χ1v) is 7.63. The van der Waals surface area contributed by atoms with Crippen LogP contribution in [0.15, 0.2) is 41.3 Å². The van der Waals surface area contributed by atoms with E-state index in [1.165, 1.54) is 0 Å². The van der Waals surface area contributed by atoms with Crippen molar-refractivity contribution in [1.29, 1.82) is 0 Å². The Kier molecular flexibility index (Phi) is 4.99. The first-order chi connectivity index (χ1) is 9.17. The van der Waals surface area contributed by atoms with Gasteiger partial charge in [0.1, 0.15) is 16.5 Å². The first-order valence-electron chi connectivity index (χ1n) is 5.65. The van der Waals surface area contributed by atoms with Crippen LogP contribution in [0.1, 0.15) is 5.56 Å². The third kappa shape index (κ3) is 3.18. The average Bonchev–Trinajstić information content (AvgIpc) is 2.43. The summed E-state index contributed by atoms with van der Waals surface area (Å²) < 4.78 is 5.84. The number of thioether (sulfide) groups is 1. The van der Waals surface area contributed by atoms with E-state index < -0.39 is 0 Å². The van der Waals surface area contributed by atoms with Crippen molar-refractivity contribution in [3.8, 4) is 11.5 Å². The summed E-state index contributed by atoms with van der Waals surface area (Å²) >= 11 is 13.7. The van der Waals surface area contributed by atoms with Gasteiger partial charge in [-0.25, -0.2) is 0 Å². The average molecular weight is 314 g/mol. The van der Waals surface area contributed by atoms with Gasteiger partial charge in [-0.3, -0.25) is 0 Å². The second kappa shape index (κ2) is 6.53. The van der Waals surface area contributed by atoms with Crippen LogP contribution >= 0.6 is 35.0 Å². The summed E-state index contributed by atoms with van der Waals surface area (Å²) in [4.78, 5) is 1.10. The summed E-state index contributed by atoms with van der Waals surface area (Å²) in [5.41, 5.74) is 6.76. The Morgan fingerprint density at radius 2 is 1.79 bits per heavy atom. The second-order valence-electron chi connectivity index (χ2n) is 3.80. The zero-order valence-electron chi connectivity index (χ0n) is 10.3. The lowest BCUT2D eigenvalue weighted by Gasteiger charge is -2.14. The molecule has 0 bridgehead atoms. The fraction of sp³-hybridized carbons (Fsp3) is 0.143. The standard InChI is InChI=1S/C14H13Cl2NOS/c1-19-13-7-3-5-11(9(13)8-17)18-12-6-2-4-10(15)14(12)16/h2-7H,8,17H2,1H3. The number of benzene rings is 2. The van der Waals surface area contributed by atoms with Gasteiger partial charge in [0.15, 0.2) is 0 Å². The molecule has 0 saturated heterocycles. The topological polar surface area (TPSA) is 35.2 Å². The van der Waals surface area contributed by atoms with Gasteiger partial charge in [-0.05, 0) is 30.5 Å². The molecule has 0 aliphatic rings. The largest absolute Gasteiger partial charge is 0.455 e. The molecule has 5 heteroatoms. The Morgan fingerprint density at radius 3 is 2.47 bits per heavy atom. The van der Waals surface area contributed by atoms with Crippen molar-refractivity contribution in [3.05, 3.63) is 52.0 Å². The Bertz CT molecular complexity index is 590. The Morgan fingerprint density at radius 1 is 1.11 bits per heavy atom. The van der Waals surface area contributed by atoms with E-state index in [1.54, 1.807) is 30.0 Å². The zero-order chi connectivity index (χ0) is 13.8. The molecule has 0 amide bonds. The van der Waals surface area contributed by atoms with Crippen molar-refractivity contribution in [2.24, 2.45) is 5.73 Å². The number of hydrogen-bond donors (Lipinski definition) is 1. The van der Waals surface area contributed by atoms with Crippen LogP contribution in [-0.4, -0.2) is 6.26 Å². The number of hydrogen-bond acceptors (Lipinski definition) is 3. The van der Waals surface area contributed by atoms with E-state index in [1.807, 2.05) is 24.5 Å². The van der Waals surface area contributed by atoms with Gasteiger partial charge in [0.05, 0.1) is 5.02 Å². The highest BCUT2D eigenvalue weighted by Gasteiger charge is 2.11. The van der Waals surface area contributed by atoms with Gasteiger partial charge in [-0.1, -0.05) is 35.3 Å². The van der Waals surface area contributed by atoms with Crippen LogP contribution in [0.5, 0.6) is 11.5 Å². The fourth-order valence-corrected chi connectivity index (χ4v) is 2.69. The molecule has 0 unspecified atom stereocenters. The maximum absolute atomic E-state index is 6.12. The van der Waals surface area contributed by atoms with Crippen LogP contribution in [0.4, 0.5) is 0 Å². The third-order valence-corrected chi connectivity index (χ3v) is 4.27. The van der Waals surface area contributed by atoms with Gasteiger partial charge in [0, 0.05) is 17.0 Å². The van der Waals surface area contributed by atoms with E-state index in [0.717, 1.165) is 10.5 Å². The van der Waals surface area contributed by atoms with Crippen LogP contribution in [0.25, 0.3) is 0 Å². The highest BCUT2D eigenvalue weighted by Crippen LogP contribution is 2.37. The minimum atomic E-state index is 0.404. The molecule has 2 aromatic rings. The van der Waals surface area contributed by atoms with Crippen LogP contribution in [0.3, 0.4) is 0 Å². The van der Waals surface area contributed by atoms with Gasteiger partial charge < -0.3 is 10.5 Å². The van der Waals surface area contributed by atoms with Gasteiger partial charge in [-0.15, -0.1) is 11.8 Å². The SMILES string of the molecule is CSc1cccc(Oc2cccc(Cl)c2Cl)c1CN. The van der Waals surface area contributed by atoms with Crippen molar-refractivity contribution < 1.29 is 4.74 Å². The highest BCUT2D eigenvalue weighted by molar-refractivity contribution is 7.98. The Hall–Kier alpha value is -0.870. The fourth-order valence-electron chi connectivity index (χ4n) is 1.71. The number of halogens is 2. The molecule has 0 fully saturated rings. The maximum Gasteiger partial charge on any atom is 0.147 e. The van der Waals surface area contributed by atoms with Crippen molar-refractivity contribution in [2.45, 2.75) is 11.4 Å². The second-order valence-corrected chi connectivity index (χ2v) is 5.43. The molecule has 2 rings (SSSR count). The van der Waals surface area contributed by atoms with Crippen LogP contribution in [-0.2, 0) is 6.54 Å². The van der Waals surface area contributed by atoms with Gasteiger partial charge in [0.2, 0.25) is 0 Å². The number of nitrogens with two attached hydrogens (primary N) is 1. The summed E-state index contributed by atoms with van der Waals surface area (Å²) in [6.07, 6.45) is 2.00. The number of ether oxygens (including phenoxy) is 1. The molecule has 0 aliphatic heterocycles. The molecule has 0 radical (unpaired) electrons. The van der Waals surface area contributed by atoms with E-state index >= 15 is 0 Å². The van der Waals surface area contributed by atoms with E-state index in [9.17, 15) is 0 Å². The Labute approximate surface area is 126 Å². The summed E-state index contributed by atoms with van der Waals surface area (Å²) in [5, 5.41) is 0.871. The molecule has 100 valence electrons. The van der Waals surface area contributed by atoms with Crippen molar-refractivity contribution in [2.75, 3.05) is 6.26 Å². The smallest absolute Gasteiger partial charge is 0.147 e. The molecule has 0 aromatic heterocycles. The molecule has 2 nitrogen and oxygen atoms in total. The van der Waals surface area contributed by atoms with Gasteiger partial charge >= 0.3 is 0 Å². The van der Waals surface area contributed by atoms with Crippen molar-refractivity contribution in [3.63, 3.8) is 0 Å². The van der Waals surface area contributed by atoms with Gasteiger partial charge in [0.25, 0.3) is 0 Å². The molecule has 0 spiro atoms. The lowest BCUT2D eigenvalue weighted by Crippen LogP contribution is -2.01. The molecular weight excluding hydrogens is 301 g/mol. The molecule has 0 atom stereocenters. The summed E-state index contributed by atoms with van der Waals surface area (Å²) in [7, 11) is 0. The summed E-state index contributed by atoms with van der Waals surface area (Å²) in [6.45, 7) is 0.407. The predicted molar refractivity (Wildman–Crippen MR) is 82.7 cm³/mol. The van der Waals surface area contributed by atoms with E-state index in [4.69, 9.17) is 33.7 Å². The first kappa shape index (κ1) is 14.5. The molecule has 0 heterocycles. The van der Waals surface area contributed by atoms with Crippen LogP contribution in [0.2, 0.25) is 10.0 Å². The van der Waals surface area contributed by atoms with Crippen LogP contribution < -0.4 is 10.5 Å². The summed E-state index contributed by atoms with van der Waals surface area (Å²) in [5.74, 6) is 1.24. The van der Waals surface area contributed by atoms with Gasteiger partial charge in [-0.2, -0.15) is 0 Å².